The van der Waals surface area contributed by atoms with E-state index in [9.17, 15) is 14.7 Å². The van der Waals surface area contributed by atoms with E-state index in [-0.39, 0.29) is 18.0 Å². The molecule has 0 spiro atoms. The largest absolute Gasteiger partial charge is 0.386 e. The Morgan fingerprint density at radius 3 is 2.62 bits per heavy atom. The van der Waals surface area contributed by atoms with E-state index in [4.69, 9.17) is 10.5 Å². The molecule has 7 heteroatoms. The number of rotatable bonds is 8. The van der Waals surface area contributed by atoms with E-state index in [0.29, 0.717) is 13.0 Å². The Morgan fingerprint density at radius 2 is 2.04 bits per heavy atom. The first-order valence-corrected chi connectivity index (χ1v) is 8.91. The Morgan fingerprint density at radius 1 is 1.38 bits per heavy atom. The van der Waals surface area contributed by atoms with Crippen molar-refractivity contribution in [3.8, 4) is 0 Å². The molecule has 1 fully saturated rings. The van der Waals surface area contributed by atoms with Crippen molar-refractivity contribution in [2.75, 3.05) is 13.7 Å². The summed E-state index contributed by atoms with van der Waals surface area (Å²) in [5.74, 6) is -0.728. The molecule has 2 rings (SSSR count). The Hall–Kier alpha value is -1.96. The van der Waals surface area contributed by atoms with Crippen LogP contribution in [-0.2, 0) is 14.3 Å². The summed E-state index contributed by atoms with van der Waals surface area (Å²) in [6.45, 7) is 3.98. The monoisotopic (exact) mass is 363 g/mol. The molecule has 7 nitrogen and oxygen atoms in total. The molecule has 1 saturated heterocycles. The molecule has 0 bridgehead atoms. The van der Waals surface area contributed by atoms with Crippen LogP contribution in [0.4, 0.5) is 0 Å². The third-order valence-electron chi connectivity index (χ3n) is 5.09. The molecule has 0 aliphatic carbocycles. The minimum absolute atomic E-state index is 0.114. The second-order valence-electron chi connectivity index (χ2n) is 7.01. The molecule has 1 aliphatic rings. The van der Waals surface area contributed by atoms with E-state index < -0.39 is 24.2 Å². The molecule has 6 atom stereocenters. The number of nitrogens with two attached hydrogens (primary N) is 1. The first-order chi connectivity index (χ1) is 12.4. The number of likely N-dealkylation sites (tertiary alicyclic amines) is 1. The van der Waals surface area contributed by atoms with Crippen LogP contribution in [0.25, 0.3) is 0 Å². The van der Waals surface area contributed by atoms with Crippen LogP contribution in [0.15, 0.2) is 30.3 Å². The number of carbonyl (C=O) groups is 2. The topological polar surface area (TPSA) is 105 Å². The van der Waals surface area contributed by atoms with Crippen LogP contribution in [0.3, 0.4) is 0 Å². The maximum absolute atomic E-state index is 12.7. The van der Waals surface area contributed by atoms with Crippen LogP contribution in [0.2, 0.25) is 0 Å². The smallest absolute Gasteiger partial charge is 0.225 e. The van der Waals surface area contributed by atoms with Crippen LogP contribution in [0.1, 0.15) is 31.9 Å². The van der Waals surface area contributed by atoms with Gasteiger partial charge in [-0.3, -0.25) is 9.59 Å². The third kappa shape index (κ3) is 4.60. The molecule has 0 aromatic heterocycles. The molecule has 1 aromatic carbocycles. The zero-order chi connectivity index (χ0) is 19.3. The van der Waals surface area contributed by atoms with Gasteiger partial charge < -0.3 is 25.8 Å². The molecule has 1 heterocycles. The molecule has 4 N–H and O–H groups in total. The van der Waals surface area contributed by atoms with E-state index in [1.807, 2.05) is 30.3 Å². The summed E-state index contributed by atoms with van der Waals surface area (Å²) in [5, 5.41) is 13.3. The van der Waals surface area contributed by atoms with Gasteiger partial charge in [0.05, 0.1) is 30.2 Å². The zero-order valence-electron chi connectivity index (χ0n) is 15.5. The van der Waals surface area contributed by atoms with Gasteiger partial charge in [0.2, 0.25) is 12.3 Å². The lowest BCUT2D eigenvalue weighted by molar-refractivity contribution is -0.134. The first kappa shape index (κ1) is 20.4. The van der Waals surface area contributed by atoms with E-state index >= 15 is 0 Å². The molecule has 26 heavy (non-hydrogen) atoms. The lowest BCUT2D eigenvalue weighted by atomic mass is 9.93. The van der Waals surface area contributed by atoms with E-state index in [1.54, 1.807) is 18.7 Å². The molecule has 1 aliphatic heterocycles. The van der Waals surface area contributed by atoms with Gasteiger partial charge in [-0.05, 0) is 18.9 Å². The van der Waals surface area contributed by atoms with E-state index in [2.05, 4.69) is 5.32 Å². The van der Waals surface area contributed by atoms with Crippen LogP contribution in [0.5, 0.6) is 0 Å². The number of aliphatic hydroxyl groups excluding tert-OH is 1. The number of methoxy groups -OCH3 is 1. The highest BCUT2D eigenvalue weighted by molar-refractivity contribution is 5.79. The average molecular weight is 363 g/mol. The Kier molecular flexibility index (Phi) is 7.14. The average Bonchev–Trinajstić information content (AvgIpc) is 3.02. The summed E-state index contributed by atoms with van der Waals surface area (Å²) in [7, 11) is 1.53. The fourth-order valence-electron chi connectivity index (χ4n) is 3.59. The quantitative estimate of drug-likeness (QED) is 0.581. The summed E-state index contributed by atoms with van der Waals surface area (Å²) in [6.07, 6.45) is 0.0852. The SMILES string of the molecule is COC(C(C)C(=O)NC(C)C(O)c1ccccc1)C1CC(N)CN1C=O. The highest BCUT2D eigenvalue weighted by Gasteiger charge is 2.40. The van der Waals surface area contributed by atoms with Gasteiger partial charge in [0.1, 0.15) is 0 Å². The van der Waals surface area contributed by atoms with Gasteiger partial charge in [-0.15, -0.1) is 0 Å². The minimum Gasteiger partial charge on any atom is -0.386 e. The highest BCUT2D eigenvalue weighted by atomic mass is 16.5. The number of nitrogens with zero attached hydrogens (tertiary/aromatic N) is 1. The van der Waals surface area contributed by atoms with Gasteiger partial charge in [0.25, 0.3) is 0 Å². The van der Waals surface area contributed by atoms with Crippen LogP contribution in [0, 0.1) is 5.92 Å². The second kappa shape index (κ2) is 9.12. The summed E-state index contributed by atoms with van der Waals surface area (Å²) < 4.78 is 5.54. The summed E-state index contributed by atoms with van der Waals surface area (Å²) in [5.41, 5.74) is 6.70. The molecule has 0 saturated carbocycles. The van der Waals surface area contributed by atoms with Gasteiger partial charge in [-0.1, -0.05) is 37.3 Å². The predicted molar refractivity (Wildman–Crippen MR) is 98.1 cm³/mol. The number of nitrogens with one attached hydrogen (secondary N) is 1. The standard InChI is InChI=1S/C19H29N3O4/c1-12(18(26-3)16-9-15(20)10-22(16)11-23)19(25)21-13(2)17(24)14-7-5-4-6-8-14/h4-8,11-13,15-18,24H,9-10,20H2,1-3H3,(H,21,25). The maximum atomic E-state index is 12.7. The van der Waals surface area contributed by atoms with Crippen LogP contribution in [-0.4, -0.2) is 60.2 Å². The molecule has 0 radical (unpaired) electrons. The van der Waals surface area contributed by atoms with Crippen molar-refractivity contribution in [2.24, 2.45) is 11.7 Å². The predicted octanol–water partition coefficient (Wildman–Crippen LogP) is 0.434. The van der Waals surface area contributed by atoms with Crippen molar-refractivity contribution in [2.45, 2.75) is 50.6 Å². The maximum Gasteiger partial charge on any atom is 0.225 e. The van der Waals surface area contributed by atoms with E-state index in [1.165, 1.54) is 7.11 Å². The fourth-order valence-corrected chi connectivity index (χ4v) is 3.59. The van der Waals surface area contributed by atoms with Crippen LogP contribution < -0.4 is 11.1 Å². The number of hydrogen-bond donors (Lipinski definition) is 3. The molecule has 2 amide bonds. The summed E-state index contributed by atoms with van der Waals surface area (Å²) in [4.78, 5) is 25.6. The number of benzene rings is 1. The summed E-state index contributed by atoms with van der Waals surface area (Å²) >= 11 is 0. The summed E-state index contributed by atoms with van der Waals surface area (Å²) in [6, 6.07) is 8.38. The van der Waals surface area contributed by atoms with Crippen molar-refractivity contribution in [3.63, 3.8) is 0 Å². The van der Waals surface area contributed by atoms with Gasteiger partial charge in [0.15, 0.2) is 0 Å². The number of carbonyl (C=O) groups excluding carboxylic acids is 2. The van der Waals surface area contributed by atoms with Crippen molar-refractivity contribution < 1.29 is 19.4 Å². The van der Waals surface area contributed by atoms with Gasteiger partial charge in [-0.2, -0.15) is 0 Å². The van der Waals surface area contributed by atoms with Crippen molar-refractivity contribution in [1.29, 1.82) is 0 Å². The third-order valence-corrected chi connectivity index (χ3v) is 5.09. The Labute approximate surface area is 154 Å². The van der Waals surface area contributed by atoms with Crippen molar-refractivity contribution in [1.82, 2.24) is 10.2 Å². The van der Waals surface area contributed by atoms with Crippen molar-refractivity contribution in [3.05, 3.63) is 35.9 Å². The lowest BCUT2D eigenvalue weighted by Gasteiger charge is -2.32. The van der Waals surface area contributed by atoms with E-state index in [0.717, 1.165) is 12.0 Å². The first-order valence-electron chi connectivity index (χ1n) is 8.91. The molecule has 144 valence electrons. The molecule has 1 aromatic rings. The molecular formula is C19H29N3O4. The number of ether oxygens (including phenoxy) is 1. The lowest BCUT2D eigenvalue weighted by Crippen LogP contribution is -2.49. The van der Waals surface area contributed by atoms with Gasteiger partial charge in [-0.25, -0.2) is 0 Å². The zero-order valence-corrected chi connectivity index (χ0v) is 15.5. The highest BCUT2D eigenvalue weighted by Crippen LogP contribution is 2.25. The van der Waals surface area contributed by atoms with Crippen LogP contribution >= 0.6 is 0 Å². The number of hydrogen-bond acceptors (Lipinski definition) is 5. The molecule has 6 unspecified atom stereocenters. The number of aliphatic hydroxyl groups is 1. The number of amides is 2. The minimum atomic E-state index is -0.806. The Balaban J connectivity index is 2.01. The van der Waals surface area contributed by atoms with Crippen molar-refractivity contribution >= 4 is 12.3 Å². The van der Waals surface area contributed by atoms with Gasteiger partial charge in [0, 0.05) is 19.7 Å². The molecular weight excluding hydrogens is 334 g/mol. The normalized spacial score (nSPS) is 24.6. The van der Waals surface area contributed by atoms with Gasteiger partial charge >= 0.3 is 0 Å². The Bertz CT molecular complexity index is 598. The fraction of sp³-hybridized carbons (Fsp3) is 0.579. The second-order valence-corrected chi connectivity index (χ2v) is 7.01.